The van der Waals surface area contributed by atoms with Crippen LogP contribution in [0.5, 0.6) is 0 Å². The van der Waals surface area contributed by atoms with Crippen molar-refractivity contribution in [1.82, 2.24) is 10.6 Å². The molecule has 0 saturated carbocycles. The fourth-order valence-electron chi connectivity index (χ4n) is 3.20. The normalized spacial score (nSPS) is 21.7. The first-order valence-electron chi connectivity index (χ1n) is 9.54. The molecular weight excluding hydrogens is 348 g/mol. The van der Waals surface area contributed by atoms with Gasteiger partial charge in [0.05, 0.1) is 12.2 Å². The molecule has 2 heterocycles. The molecule has 8 heteroatoms. The molecule has 0 radical (unpaired) electrons. The van der Waals surface area contributed by atoms with Gasteiger partial charge in [0.1, 0.15) is 0 Å². The van der Waals surface area contributed by atoms with Gasteiger partial charge in [0, 0.05) is 37.7 Å². The second-order valence-electron chi connectivity index (χ2n) is 6.97. The maximum absolute atomic E-state index is 12.1. The number of amides is 4. The maximum Gasteiger partial charge on any atom is 0.319 e. The average Bonchev–Trinajstić information content (AvgIpc) is 3.35. The van der Waals surface area contributed by atoms with Gasteiger partial charge in [0.25, 0.3) is 0 Å². The SMILES string of the molecule is Cc1ccc(NC(=O)NCC2CCCO2)cc1NC(=O)NCC1CCCO1. The maximum atomic E-state index is 12.1. The van der Waals surface area contributed by atoms with E-state index in [4.69, 9.17) is 9.47 Å². The number of ether oxygens (including phenoxy) is 2. The number of hydrogen-bond acceptors (Lipinski definition) is 4. The van der Waals surface area contributed by atoms with Gasteiger partial charge in [0.15, 0.2) is 0 Å². The molecule has 2 fully saturated rings. The van der Waals surface area contributed by atoms with E-state index in [1.54, 1.807) is 12.1 Å². The number of anilines is 2. The Labute approximate surface area is 159 Å². The molecule has 2 atom stereocenters. The topological polar surface area (TPSA) is 101 Å². The van der Waals surface area contributed by atoms with Gasteiger partial charge in [-0.2, -0.15) is 0 Å². The predicted molar refractivity (Wildman–Crippen MR) is 103 cm³/mol. The van der Waals surface area contributed by atoms with Crippen molar-refractivity contribution in [3.8, 4) is 0 Å². The van der Waals surface area contributed by atoms with Gasteiger partial charge in [0.2, 0.25) is 0 Å². The van der Waals surface area contributed by atoms with E-state index in [-0.39, 0.29) is 24.3 Å². The van der Waals surface area contributed by atoms with Crippen LogP contribution in [-0.4, -0.2) is 50.6 Å². The standard InChI is InChI=1S/C19H28N4O4/c1-13-6-7-14(22-18(24)20-11-15-4-2-8-26-15)10-17(13)23-19(25)21-12-16-5-3-9-27-16/h6-7,10,15-16H,2-5,8-9,11-12H2,1H3,(H2,20,22,24)(H2,21,23,25). The summed E-state index contributed by atoms with van der Waals surface area (Å²) in [6, 6.07) is 4.82. The monoisotopic (exact) mass is 376 g/mol. The lowest BCUT2D eigenvalue weighted by molar-refractivity contribution is 0.112. The highest BCUT2D eigenvalue weighted by Crippen LogP contribution is 2.20. The number of benzene rings is 1. The fourth-order valence-corrected chi connectivity index (χ4v) is 3.20. The quantitative estimate of drug-likeness (QED) is 0.613. The number of nitrogens with one attached hydrogen (secondary N) is 4. The number of aryl methyl sites for hydroxylation is 1. The van der Waals surface area contributed by atoms with E-state index >= 15 is 0 Å². The van der Waals surface area contributed by atoms with Crippen LogP contribution in [0.4, 0.5) is 21.0 Å². The summed E-state index contributed by atoms with van der Waals surface area (Å²) in [5.74, 6) is 0. The lowest BCUT2D eigenvalue weighted by Gasteiger charge is -2.15. The molecule has 0 bridgehead atoms. The van der Waals surface area contributed by atoms with Crippen molar-refractivity contribution in [3.05, 3.63) is 23.8 Å². The van der Waals surface area contributed by atoms with Crippen molar-refractivity contribution < 1.29 is 19.1 Å². The lowest BCUT2D eigenvalue weighted by atomic mass is 10.2. The minimum absolute atomic E-state index is 0.0948. The first-order valence-corrected chi connectivity index (χ1v) is 9.54. The van der Waals surface area contributed by atoms with Gasteiger partial charge in [-0.15, -0.1) is 0 Å². The molecule has 0 aromatic heterocycles. The van der Waals surface area contributed by atoms with Gasteiger partial charge in [-0.25, -0.2) is 9.59 Å². The molecule has 4 N–H and O–H groups in total. The Balaban J connectivity index is 1.47. The number of hydrogen-bond donors (Lipinski definition) is 4. The summed E-state index contributed by atoms with van der Waals surface area (Å²) in [5, 5.41) is 11.2. The van der Waals surface area contributed by atoms with E-state index in [0.29, 0.717) is 24.5 Å². The smallest absolute Gasteiger partial charge is 0.319 e. The molecule has 2 aliphatic heterocycles. The van der Waals surface area contributed by atoms with Crippen LogP contribution in [0.1, 0.15) is 31.2 Å². The Morgan fingerprint density at radius 1 is 0.963 bits per heavy atom. The highest BCUT2D eigenvalue weighted by molar-refractivity contribution is 5.93. The molecule has 2 aliphatic rings. The third-order valence-corrected chi connectivity index (χ3v) is 4.77. The molecule has 1 aromatic rings. The van der Waals surface area contributed by atoms with E-state index < -0.39 is 0 Å². The van der Waals surface area contributed by atoms with Crippen LogP contribution in [0.25, 0.3) is 0 Å². The molecule has 8 nitrogen and oxygen atoms in total. The van der Waals surface area contributed by atoms with Crippen molar-refractivity contribution in [2.75, 3.05) is 36.9 Å². The van der Waals surface area contributed by atoms with Crippen LogP contribution in [0.2, 0.25) is 0 Å². The van der Waals surface area contributed by atoms with Crippen LogP contribution in [0, 0.1) is 6.92 Å². The first kappa shape index (κ1) is 19.4. The zero-order chi connectivity index (χ0) is 19.1. The van der Waals surface area contributed by atoms with Crippen molar-refractivity contribution in [1.29, 1.82) is 0 Å². The summed E-state index contributed by atoms with van der Waals surface area (Å²) in [4.78, 5) is 24.2. The van der Waals surface area contributed by atoms with E-state index in [1.165, 1.54) is 0 Å². The molecule has 2 unspecified atom stereocenters. The number of urea groups is 2. The third kappa shape index (κ3) is 6.11. The molecular formula is C19H28N4O4. The van der Waals surface area contributed by atoms with E-state index in [0.717, 1.165) is 44.5 Å². The van der Waals surface area contributed by atoms with Gasteiger partial charge < -0.3 is 30.7 Å². The van der Waals surface area contributed by atoms with Crippen molar-refractivity contribution in [2.45, 2.75) is 44.8 Å². The highest BCUT2D eigenvalue weighted by atomic mass is 16.5. The highest BCUT2D eigenvalue weighted by Gasteiger charge is 2.17. The Morgan fingerprint density at radius 3 is 2.11 bits per heavy atom. The van der Waals surface area contributed by atoms with E-state index in [2.05, 4.69) is 21.3 Å². The zero-order valence-electron chi connectivity index (χ0n) is 15.7. The van der Waals surface area contributed by atoms with Gasteiger partial charge >= 0.3 is 12.1 Å². The summed E-state index contributed by atoms with van der Waals surface area (Å²) < 4.78 is 11.0. The molecule has 0 aliphatic carbocycles. The fraction of sp³-hybridized carbons (Fsp3) is 0.579. The Kier molecular flexibility index (Phi) is 6.89. The molecule has 148 valence electrons. The van der Waals surface area contributed by atoms with Crippen LogP contribution in [0.3, 0.4) is 0 Å². The second-order valence-corrected chi connectivity index (χ2v) is 6.97. The number of carbonyl (C=O) groups is 2. The molecule has 3 rings (SSSR count). The predicted octanol–water partition coefficient (Wildman–Crippen LogP) is 2.60. The van der Waals surface area contributed by atoms with Gasteiger partial charge in [-0.05, 0) is 50.3 Å². The Bertz CT molecular complexity index is 655. The number of carbonyl (C=O) groups excluding carboxylic acids is 2. The van der Waals surface area contributed by atoms with Crippen molar-refractivity contribution in [3.63, 3.8) is 0 Å². The third-order valence-electron chi connectivity index (χ3n) is 4.77. The molecule has 0 spiro atoms. The van der Waals surface area contributed by atoms with E-state index in [1.807, 2.05) is 13.0 Å². The zero-order valence-corrected chi connectivity index (χ0v) is 15.7. The largest absolute Gasteiger partial charge is 0.376 e. The summed E-state index contributed by atoms with van der Waals surface area (Å²) in [5.41, 5.74) is 2.17. The summed E-state index contributed by atoms with van der Waals surface area (Å²) >= 11 is 0. The lowest BCUT2D eigenvalue weighted by Crippen LogP contribution is -2.35. The van der Waals surface area contributed by atoms with Crippen molar-refractivity contribution >= 4 is 23.4 Å². The van der Waals surface area contributed by atoms with E-state index in [9.17, 15) is 9.59 Å². The summed E-state index contributed by atoms with van der Waals surface area (Å²) in [6.45, 7) is 4.41. The molecule has 4 amide bonds. The van der Waals surface area contributed by atoms with Crippen LogP contribution < -0.4 is 21.3 Å². The second kappa shape index (κ2) is 9.57. The average molecular weight is 376 g/mol. The van der Waals surface area contributed by atoms with Crippen LogP contribution in [-0.2, 0) is 9.47 Å². The first-order chi connectivity index (χ1) is 13.1. The Hall–Kier alpha value is -2.32. The molecule has 1 aromatic carbocycles. The number of rotatable bonds is 6. The van der Waals surface area contributed by atoms with Gasteiger partial charge in [-0.1, -0.05) is 6.07 Å². The van der Waals surface area contributed by atoms with Crippen molar-refractivity contribution in [2.24, 2.45) is 0 Å². The molecule has 27 heavy (non-hydrogen) atoms. The van der Waals surface area contributed by atoms with Crippen LogP contribution in [0.15, 0.2) is 18.2 Å². The van der Waals surface area contributed by atoms with Crippen LogP contribution >= 0.6 is 0 Å². The molecule has 2 saturated heterocycles. The minimum Gasteiger partial charge on any atom is -0.376 e. The summed E-state index contributed by atoms with van der Waals surface area (Å²) in [7, 11) is 0. The summed E-state index contributed by atoms with van der Waals surface area (Å²) in [6.07, 6.45) is 4.21. The Morgan fingerprint density at radius 2 is 1.56 bits per heavy atom. The van der Waals surface area contributed by atoms with Gasteiger partial charge in [-0.3, -0.25) is 0 Å². The minimum atomic E-state index is -0.289.